The Morgan fingerprint density at radius 3 is 2.67 bits per heavy atom. The van der Waals surface area contributed by atoms with Gasteiger partial charge in [0.1, 0.15) is 5.82 Å². The molecule has 0 saturated heterocycles. The fraction of sp³-hybridized carbons (Fsp3) is 0.188. The molecule has 0 amide bonds. The van der Waals surface area contributed by atoms with Crippen LogP contribution in [0.1, 0.15) is 17.3 Å². The maximum Gasteiger partial charge on any atom is 0.340 e. The van der Waals surface area contributed by atoms with Gasteiger partial charge in [-0.05, 0) is 43.3 Å². The highest BCUT2D eigenvalue weighted by Crippen LogP contribution is 2.30. The Kier molecular flexibility index (Phi) is 4.42. The first-order valence-corrected chi connectivity index (χ1v) is 6.57. The molecule has 0 radical (unpaired) electrons. The summed E-state index contributed by atoms with van der Waals surface area (Å²) in [5.41, 5.74) is 7.84. The number of anilines is 3. The molecule has 0 heterocycles. The number of nitrogens with zero attached hydrogens (tertiary/aromatic N) is 1. The number of hydrogen-bond donors (Lipinski definition) is 1. The van der Waals surface area contributed by atoms with Crippen LogP contribution in [0.4, 0.5) is 21.5 Å². The van der Waals surface area contributed by atoms with Crippen molar-refractivity contribution in [1.29, 1.82) is 0 Å². The van der Waals surface area contributed by atoms with Crippen LogP contribution in [-0.4, -0.2) is 19.6 Å². The van der Waals surface area contributed by atoms with Gasteiger partial charge in [0.05, 0.1) is 18.4 Å². The van der Waals surface area contributed by atoms with E-state index in [0.717, 1.165) is 0 Å². The van der Waals surface area contributed by atoms with Crippen LogP contribution in [0, 0.1) is 5.82 Å². The van der Waals surface area contributed by atoms with Crippen molar-refractivity contribution in [2.75, 3.05) is 24.3 Å². The monoisotopic (exact) mass is 288 g/mol. The number of hydrogen-bond acceptors (Lipinski definition) is 4. The van der Waals surface area contributed by atoms with Gasteiger partial charge in [0.15, 0.2) is 0 Å². The van der Waals surface area contributed by atoms with E-state index in [0.29, 0.717) is 29.2 Å². The molecule has 0 aliphatic carbocycles. The number of rotatable bonds is 4. The summed E-state index contributed by atoms with van der Waals surface area (Å²) in [6.45, 7) is 2.49. The van der Waals surface area contributed by atoms with E-state index in [1.54, 1.807) is 30.3 Å². The first-order valence-electron chi connectivity index (χ1n) is 6.57. The molecule has 0 aliphatic heterocycles. The van der Waals surface area contributed by atoms with E-state index in [2.05, 4.69) is 0 Å². The number of methoxy groups -OCH3 is 1. The normalized spacial score (nSPS) is 10.2. The smallest absolute Gasteiger partial charge is 0.340 e. The molecule has 0 aliphatic rings. The maximum absolute atomic E-state index is 13.4. The molecule has 2 aromatic rings. The van der Waals surface area contributed by atoms with Gasteiger partial charge >= 0.3 is 5.97 Å². The molecule has 2 rings (SSSR count). The molecule has 0 fully saturated rings. The van der Waals surface area contributed by atoms with Crippen molar-refractivity contribution in [3.8, 4) is 0 Å². The zero-order valence-corrected chi connectivity index (χ0v) is 12.0. The lowest BCUT2D eigenvalue weighted by molar-refractivity contribution is 0.0601. The number of halogens is 1. The SMILES string of the molecule is CCN(c1cccc(F)c1)c1ccc(N)cc1C(=O)OC. The Labute approximate surface area is 122 Å². The molecule has 0 spiro atoms. The summed E-state index contributed by atoms with van der Waals surface area (Å²) in [6.07, 6.45) is 0. The molecule has 0 atom stereocenters. The van der Waals surface area contributed by atoms with Gasteiger partial charge < -0.3 is 15.4 Å². The van der Waals surface area contributed by atoms with E-state index < -0.39 is 5.97 Å². The second kappa shape index (κ2) is 6.26. The molecule has 2 aromatic carbocycles. The number of benzene rings is 2. The fourth-order valence-corrected chi connectivity index (χ4v) is 2.20. The highest BCUT2D eigenvalue weighted by atomic mass is 19.1. The van der Waals surface area contributed by atoms with E-state index in [9.17, 15) is 9.18 Å². The first-order chi connectivity index (χ1) is 10.1. The molecule has 21 heavy (non-hydrogen) atoms. The standard InChI is InChI=1S/C16H17FN2O2/c1-3-19(13-6-4-5-11(17)9-13)15-8-7-12(18)10-14(15)16(20)21-2/h4-10H,3,18H2,1-2H3. The molecule has 0 aromatic heterocycles. The highest BCUT2D eigenvalue weighted by molar-refractivity contribution is 5.98. The predicted molar refractivity (Wildman–Crippen MR) is 81.3 cm³/mol. The first kappa shape index (κ1) is 14.8. The second-order valence-electron chi connectivity index (χ2n) is 4.49. The van der Waals surface area contributed by atoms with Crippen molar-refractivity contribution in [3.05, 3.63) is 53.8 Å². The molecule has 0 saturated carbocycles. The van der Waals surface area contributed by atoms with E-state index in [1.165, 1.54) is 19.2 Å². The van der Waals surface area contributed by atoms with Gasteiger partial charge in [-0.15, -0.1) is 0 Å². The van der Waals surface area contributed by atoms with Gasteiger partial charge in [-0.1, -0.05) is 6.07 Å². The molecular weight excluding hydrogens is 271 g/mol. The Hall–Kier alpha value is -2.56. The largest absolute Gasteiger partial charge is 0.465 e. The molecule has 0 bridgehead atoms. The third-order valence-electron chi connectivity index (χ3n) is 3.15. The van der Waals surface area contributed by atoms with Crippen LogP contribution in [0.3, 0.4) is 0 Å². The maximum atomic E-state index is 13.4. The Balaban J connectivity index is 2.54. The third kappa shape index (κ3) is 3.13. The molecule has 4 nitrogen and oxygen atoms in total. The van der Waals surface area contributed by atoms with Crippen molar-refractivity contribution in [1.82, 2.24) is 0 Å². The van der Waals surface area contributed by atoms with E-state index >= 15 is 0 Å². The number of carbonyl (C=O) groups is 1. The van der Waals surface area contributed by atoms with E-state index in [-0.39, 0.29) is 5.82 Å². The van der Waals surface area contributed by atoms with Gasteiger partial charge in [0.2, 0.25) is 0 Å². The second-order valence-corrected chi connectivity index (χ2v) is 4.49. The van der Waals surface area contributed by atoms with Crippen molar-refractivity contribution in [2.24, 2.45) is 0 Å². The highest BCUT2D eigenvalue weighted by Gasteiger charge is 2.18. The zero-order chi connectivity index (χ0) is 15.4. The summed E-state index contributed by atoms with van der Waals surface area (Å²) in [4.78, 5) is 13.8. The average Bonchev–Trinajstić information content (AvgIpc) is 2.48. The molecule has 110 valence electrons. The van der Waals surface area contributed by atoms with Crippen LogP contribution in [0.2, 0.25) is 0 Å². The van der Waals surface area contributed by atoms with E-state index in [1.807, 2.05) is 11.8 Å². The lowest BCUT2D eigenvalue weighted by Crippen LogP contribution is -2.20. The average molecular weight is 288 g/mol. The van der Waals surface area contributed by atoms with E-state index in [4.69, 9.17) is 10.5 Å². The molecule has 0 unspecified atom stereocenters. The van der Waals surface area contributed by atoms with Gasteiger partial charge in [-0.2, -0.15) is 0 Å². The minimum Gasteiger partial charge on any atom is -0.465 e. The summed E-state index contributed by atoms with van der Waals surface area (Å²) in [7, 11) is 1.31. The van der Waals surface area contributed by atoms with Gasteiger partial charge in [-0.3, -0.25) is 0 Å². The Morgan fingerprint density at radius 1 is 1.29 bits per heavy atom. The van der Waals surface area contributed by atoms with Crippen molar-refractivity contribution in [2.45, 2.75) is 6.92 Å². The van der Waals surface area contributed by atoms with Crippen molar-refractivity contribution >= 4 is 23.0 Å². The quantitative estimate of drug-likeness (QED) is 0.692. The lowest BCUT2D eigenvalue weighted by atomic mass is 10.1. The lowest BCUT2D eigenvalue weighted by Gasteiger charge is -2.25. The summed E-state index contributed by atoms with van der Waals surface area (Å²) in [6, 6.07) is 11.2. The number of nitrogen functional groups attached to an aromatic ring is 1. The van der Waals surface area contributed by atoms with Crippen LogP contribution in [0.5, 0.6) is 0 Å². The summed E-state index contributed by atoms with van der Waals surface area (Å²) >= 11 is 0. The number of esters is 1. The molecule has 2 N–H and O–H groups in total. The fourth-order valence-electron chi connectivity index (χ4n) is 2.20. The summed E-state index contributed by atoms with van der Waals surface area (Å²) < 4.78 is 18.2. The predicted octanol–water partition coefficient (Wildman–Crippen LogP) is 3.35. The number of carbonyl (C=O) groups excluding carboxylic acids is 1. The van der Waals surface area contributed by atoms with Crippen LogP contribution in [0.25, 0.3) is 0 Å². The van der Waals surface area contributed by atoms with Crippen LogP contribution in [-0.2, 0) is 4.74 Å². The van der Waals surface area contributed by atoms with Crippen LogP contribution >= 0.6 is 0 Å². The van der Waals surface area contributed by atoms with Crippen molar-refractivity contribution < 1.29 is 13.9 Å². The molecule has 5 heteroatoms. The van der Waals surface area contributed by atoms with Gasteiger partial charge in [0.25, 0.3) is 0 Å². The van der Waals surface area contributed by atoms with Gasteiger partial charge in [0, 0.05) is 17.9 Å². The Morgan fingerprint density at radius 2 is 2.05 bits per heavy atom. The van der Waals surface area contributed by atoms with Crippen LogP contribution < -0.4 is 10.6 Å². The topological polar surface area (TPSA) is 55.6 Å². The molecular formula is C16H17FN2O2. The Bertz CT molecular complexity index is 658. The van der Waals surface area contributed by atoms with Crippen LogP contribution in [0.15, 0.2) is 42.5 Å². The number of ether oxygens (including phenoxy) is 1. The summed E-state index contributed by atoms with van der Waals surface area (Å²) in [5, 5.41) is 0. The van der Waals surface area contributed by atoms with Crippen molar-refractivity contribution in [3.63, 3.8) is 0 Å². The minimum absolute atomic E-state index is 0.332. The number of nitrogens with two attached hydrogens (primary N) is 1. The minimum atomic E-state index is -0.479. The third-order valence-corrected chi connectivity index (χ3v) is 3.15. The summed E-state index contributed by atoms with van der Waals surface area (Å²) in [5.74, 6) is -0.812. The van der Waals surface area contributed by atoms with Gasteiger partial charge in [-0.25, -0.2) is 9.18 Å². The zero-order valence-electron chi connectivity index (χ0n) is 12.0.